The summed E-state index contributed by atoms with van der Waals surface area (Å²) in [6, 6.07) is 17.2. The van der Waals surface area contributed by atoms with E-state index in [0.717, 1.165) is 10.9 Å². The Balaban J connectivity index is 2.09. The minimum Gasteiger partial charge on any atom is -0.550 e. The fraction of sp³-hybridized carbons (Fsp3) is 0. The van der Waals surface area contributed by atoms with E-state index in [1.54, 1.807) is 36.4 Å². The number of aromatic carboxylic acids is 1. The predicted octanol–water partition coefficient (Wildman–Crippen LogP) is 2.85. The minimum absolute atomic E-state index is 0.0941. The summed E-state index contributed by atoms with van der Waals surface area (Å²) < 4.78 is 6.03. The first-order valence-electron chi connectivity index (χ1n) is 7.61. The lowest BCUT2D eigenvalue weighted by Crippen LogP contribution is -2.47. The van der Waals surface area contributed by atoms with Gasteiger partial charge >= 0.3 is 12.9 Å². The van der Waals surface area contributed by atoms with Gasteiger partial charge in [-0.2, -0.15) is 0 Å². The summed E-state index contributed by atoms with van der Waals surface area (Å²) >= 11 is 12.2. The number of aromatic nitrogens is 1. The lowest BCUT2D eigenvalue weighted by Gasteiger charge is -2.18. The molecule has 3 N–H and O–H groups in total. The molecule has 0 aliphatic rings. The topological polar surface area (TPSA) is 85.4 Å². The fourth-order valence-corrected chi connectivity index (χ4v) is 2.90. The number of nitrogens with two attached hydrogens (primary N) is 1. The van der Waals surface area contributed by atoms with Gasteiger partial charge in [0.1, 0.15) is 11.6 Å². The van der Waals surface area contributed by atoms with E-state index in [0.29, 0.717) is 10.0 Å². The van der Waals surface area contributed by atoms with Crippen LogP contribution in [0, 0.1) is 0 Å². The highest BCUT2D eigenvalue weighted by Crippen LogP contribution is 2.19. The van der Waals surface area contributed by atoms with Crippen molar-refractivity contribution < 1.29 is 14.6 Å². The molecule has 130 valence electrons. The van der Waals surface area contributed by atoms with Gasteiger partial charge in [0, 0.05) is 10.0 Å². The Morgan fingerprint density at radius 2 is 1.58 bits per heavy atom. The molecule has 0 spiro atoms. The van der Waals surface area contributed by atoms with E-state index in [-0.39, 0.29) is 17.3 Å². The molecule has 0 aliphatic carbocycles. The van der Waals surface area contributed by atoms with Gasteiger partial charge in [0.25, 0.3) is 0 Å². The van der Waals surface area contributed by atoms with Gasteiger partial charge in [-0.15, -0.1) is 0 Å². The summed E-state index contributed by atoms with van der Waals surface area (Å²) in [5, 5.41) is 10.5. The van der Waals surface area contributed by atoms with Crippen molar-refractivity contribution in [3.8, 4) is 5.75 Å². The maximum atomic E-state index is 11.5. The monoisotopic (exact) mass is 386 g/mol. The first-order chi connectivity index (χ1) is 12.4. The van der Waals surface area contributed by atoms with Gasteiger partial charge < -0.3 is 15.5 Å². The van der Waals surface area contributed by atoms with Gasteiger partial charge in [-0.1, -0.05) is 47.5 Å². The number of pyridine rings is 1. The van der Waals surface area contributed by atoms with Crippen LogP contribution in [0.25, 0.3) is 0 Å². The normalized spacial score (nSPS) is 10.4. The maximum absolute atomic E-state index is 11.5. The average molecular weight is 387 g/mol. The quantitative estimate of drug-likeness (QED) is 0.658. The van der Waals surface area contributed by atoms with Gasteiger partial charge in [0.2, 0.25) is 0 Å². The fourth-order valence-electron chi connectivity index (χ4n) is 2.50. The molecule has 0 bridgehead atoms. The third kappa shape index (κ3) is 4.10. The Morgan fingerprint density at radius 1 is 1.00 bits per heavy atom. The molecule has 0 amide bonds. The molecule has 0 saturated carbocycles. The van der Waals surface area contributed by atoms with Crippen molar-refractivity contribution >= 4 is 52.8 Å². The Bertz CT molecular complexity index is 923. The van der Waals surface area contributed by atoms with Crippen molar-refractivity contribution in [3.05, 3.63) is 76.4 Å². The summed E-state index contributed by atoms with van der Waals surface area (Å²) in [5.41, 5.74) is 6.82. The zero-order valence-electron chi connectivity index (χ0n) is 13.4. The number of carbonyl (C=O) groups is 1. The lowest BCUT2D eigenvalue weighted by atomic mass is 9.55. The van der Waals surface area contributed by atoms with Gasteiger partial charge in [0.05, 0.1) is 0 Å². The van der Waals surface area contributed by atoms with Crippen LogP contribution < -0.4 is 21.3 Å². The van der Waals surface area contributed by atoms with Crippen LogP contribution in [0.15, 0.2) is 60.7 Å². The van der Waals surface area contributed by atoms with Crippen molar-refractivity contribution in [2.75, 3.05) is 5.73 Å². The summed E-state index contributed by atoms with van der Waals surface area (Å²) in [4.78, 5) is 15.3. The van der Waals surface area contributed by atoms with Crippen LogP contribution >= 0.6 is 23.2 Å². The van der Waals surface area contributed by atoms with Crippen molar-refractivity contribution in [3.63, 3.8) is 0 Å². The van der Waals surface area contributed by atoms with Crippen molar-refractivity contribution in [2.45, 2.75) is 0 Å². The van der Waals surface area contributed by atoms with E-state index in [9.17, 15) is 9.90 Å². The molecule has 1 heterocycles. The zero-order chi connectivity index (χ0) is 18.7. The maximum Gasteiger partial charge on any atom is 0.426 e. The lowest BCUT2D eigenvalue weighted by molar-refractivity contribution is 0.0688. The number of hydrogen-bond donors (Lipinski definition) is 2. The summed E-state index contributed by atoms with van der Waals surface area (Å²) in [7, 11) is 0. The number of rotatable bonds is 5. The summed E-state index contributed by atoms with van der Waals surface area (Å²) in [6.07, 6.45) is 0. The number of nitrogen functional groups attached to an aromatic ring is 1. The van der Waals surface area contributed by atoms with Crippen molar-refractivity contribution in [1.82, 2.24) is 4.98 Å². The number of nitrogens with zero attached hydrogens (tertiary/aromatic N) is 1. The van der Waals surface area contributed by atoms with Crippen molar-refractivity contribution in [2.24, 2.45) is 0 Å². The highest BCUT2D eigenvalue weighted by Gasteiger charge is 2.27. The molecule has 26 heavy (non-hydrogen) atoms. The molecule has 1 aromatic heterocycles. The van der Waals surface area contributed by atoms with Gasteiger partial charge in [-0.3, -0.25) is 0 Å². The standard InChI is InChI=1S/C18H13BCl2N2O3/c20-13-5-1-3-11(9-13)19(12-4-2-6-14(21)10-12)26-15-7-8-16(22)23-17(15)18(24)25/h1-10H,(H2,22,23)(H,24,25). The zero-order valence-corrected chi connectivity index (χ0v) is 14.9. The van der Waals surface area contributed by atoms with E-state index in [1.807, 2.05) is 12.1 Å². The van der Waals surface area contributed by atoms with Crippen LogP contribution in [-0.2, 0) is 0 Å². The molecule has 0 unspecified atom stereocenters. The SMILES string of the molecule is Nc1ccc(OB(c2cccc(Cl)c2)c2cccc(Cl)c2)c(C(=O)O)n1. The molecule has 0 radical (unpaired) electrons. The molecule has 8 heteroatoms. The molecule has 0 saturated heterocycles. The van der Waals surface area contributed by atoms with E-state index >= 15 is 0 Å². The number of carboxylic acid groups (broad SMARTS) is 1. The Labute approximate surface area is 160 Å². The van der Waals surface area contributed by atoms with Crippen LogP contribution in [-0.4, -0.2) is 23.0 Å². The number of hydrogen-bond acceptors (Lipinski definition) is 4. The molecule has 2 aromatic carbocycles. The highest BCUT2D eigenvalue weighted by molar-refractivity contribution is 6.80. The van der Waals surface area contributed by atoms with Crippen LogP contribution in [0.2, 0.25) is 10.0 Å². The second-order valence-corrected chi connectivity index (χ2v) is 6.37. The molecular formula is C18H13BCl2N2O3. The van der Waals surface area contributed by atoms with Crippen LogP contribution in [0.4, 0.5) is 5.82 Å². The molecule has 0 atom stereocenters. The predicted molar refractivity (Wildman–Crippen MR) is 104 cm³/mol. The molecule has 3 rings (SSSR count). The molecule has 5 nitrogen and oxygen atoms in total. The first-order valence-corrected chi connectivity index (χ1v) is 8.37. The number of halogens is 2. The number of carboxylic acids is 1. The largest absolute Gasteiger partial charge is 0.550 e. The third-order valence-electron chi connectivity index (χ3n) is 3.63. The number of benzene rings is 2. The number of anilines is 1. The molecule has 3 aromatic rings. The van der Waals surface area contributed by atoms with Crippen LogP contribution in [0.5, 0.6) is 5.75 Å². The Hall–Kier alpha value is -2.70. The molecule has 0 fully saturated rings. The molecule has 0 aliphatic heterocycles. The average Bonchev–Trinajstić information content (AvgIpc) is 2.60. The second kappa shape index (κ2) is 7.68. The summed E-state index contributed by atoms with van der Waals surface area (Å²) in [5.74, 6) is -1.04. The van der Waals surface area contributed by atoms with Crippen molar-refractivity contribution in [1.29, 1.82) is 0 Å². The van der Waals surface area contributed by atoms with E-state index in [1.165, 1.54) is 12.1 Å². The third-order valence-corrected chi connectivity index (χ3v) is 4.10. The molecular weight excluding hydrogens is 374 g/mol. The van der Waals surface area contributed by atoms with E-state index < -0.39 is 12.9 Å². The Morgan fingerprint density at radius 3 is 2.08 bits per heavy atom. The first kappa shape index (κ1) is 18.1. The summed E-state index contributed by atoms with van der Waals surface area (Å²) in [6.45, 7) is -0.629. The highest BCUT2D eigenvalue weighted by atomic mass is 35.5. The van der Waals surface area contributed by atoms with E-state index in [4.69, 9.17) is 33.6 Å². The van der Waals surface area contributed by atoms with Gasteiger partial charge in [0.15, 0.2) is 5.69 Å². The van der Waals surface area contributed by atoms with Gasteiger partial charge in [-0.05, 0) is 47.3 Å². The van der Waals surface area contributed by atoms with Crippen LogP contribution in [0.3, 0.4) is 0 Å². The minimum atomic E-state index is -1.23. The smallest absolute Gasteiger partial charge is 0.426 e. The second-order valence-electron chi connectivity index (χ2n) is 5.50. The van der Waals surface area contributed by atoms with Gasteiger partial charge in [-0.25, -0.2) is 9.78 Å². The Kier molecular flexibility index (Phi) is 5.35. The van der Waals surface area contributed by atoms with E-state index in [2.05, 4.69) is 4.98 Å². The van der Waals surface area contributed by atoms with Crippen LogP contribution in [0.1, 0.15) is 10.5 Å².